The number of aliphatic hydroxyl groups is 1. The zero-order chi connectivity index (χ0) is 16.9. The van der Waals surface area contributed by atoms with Crippen molar-refractivity contribution in [3.63, 3.8) is 0 Å². The molecule has 0 aliphatic heterocycles. The van der Waals surface area contributed by atoms with Crippen LogP contribution < -0.4 is 21.2 Å². The predicted molar refractivity (Wildman–Crippen MR) is 70.3 cm³/mol. The standard InChI is InChI=1S/C14H23F3IO3/c1-6-9-18-13(20,14(15,16)17)10(4)21-11(19)12(5,7-2)8-3/h7,10,20H,2,6,8-9H2,1,3-5H3/q-1. The second kappa shape index (κ2) is 7.80. The van der Waals surface area contributed by atoms with Crippen molar-refractivity contribution < 1.29 is 49.0 Å². The molecule has 0 heterocycles. The van der Waals surface area contributed by atoms with Gasteiger partial charge in [-0.15, -0.1) is 0 Å². The molecule has 21 heavy (non-hydrogen) atoms. The van der Waals surface area contributed by atoms with Gasteiger partial charge in [-0.25, -0.2) is 0 Å². The molecule has 3 atom stereocenters. The van der Waals surface area contributed by atoms with E-state index >= 15 is 0 Å². The molecule has 0 aromatic rings. The molecule has 0 aliphatic carbocycles. The summed E-state index contributed by atoms with van der Waals surface area (Å²) in [5.41, 5.74) is -1.05. The van der Waals surface area contributed by atoms with E-state index in [1.54, 1.807) is 20.8 Å². The van der Waals surface area contributed by atoms with E-state index in [1.165, 1.54) is 6.08 Å². The average Bonchev–Trinajstić information content (AvgIpc) is 2.42. The van der Waals surface area contributed by atoms with Crippen molar-refractivity contribution in [2.24, 2.45) is 5.41 Å². The van der Waals surface area contributed by atoms with Crippen LogP contribution in [-0.2, 0) is 9.53 Å². The second-order valence-electron chi connectivity index (χ2n) is 5.02. The Morgan fingerprint density at radius 1 is 1.43 bits per heavy atom. The summed E-state index contributed by atoms with van der Waals surface area (Å²) in [6, 6.07) is 0. The van der Waals surface area contributed by atoms with Crippen molar-refractivity contribution in [3.8, 4) is 0 Å². The number of esters is 1. The maximum atomic E-state index is 13.2. The van der Waals surface area contributed by atoms with Crippen molar-refractivity contribution in [1.29, 1.82) is 0 Å². The first kappa shape index (κ1) is 20.7. The van der Waals surface area contributed by atoms with E-state index in [0.717, 1.165) is 6.92 Å². The third kappa shape index (κ3) is 4.84. The summed E-state index contributed by atoms with van der Waals surface area (Å²) >= 11 is -1.60. The Morgan fingerprint density at radius 3 is 2.29 bits per heavy atom. The van der Waals surface area contributed by atoms with E-state index in [1.807, 2.05) is 0 Å². The van der Waals surface area contributed by atoms with Crippen LogP contribution in [0.4, 0.5) is 13.2 Å². The first-order chi connectivity index (χ1) is 9.48. The number of carbonyl (C=O) groups excluding carboxylic acids is 1. The van der Waals surface area contributed by atoms with Gasteiger partial charge >= 0.3 is 134 Å². The number of hydrogen-bond acceptors (Lipinski definition) is 3. The van der Waals surface area contributed by atoms with Crippen molar-refractivity contribution >= 4 is 5.97 Å². The number of hydrogen-bond donors (Lipinski definition) is 1. The van der Waals surface area contributed by atoms with E-state index in [2.05, 4.69) is 6.58 Å². The van der Waals surface area contributed by atoms with E-state index in [-0.39, 0.29) is 0 Å². The summed E-state index contributed by atoms with van der Waals surface area (Å²) < 4.78 is 41.8. The van der Waals surface area contributed by atoms with Crippen LogP contribution in [0.15, 0.2) is 12.7 Å². The predicted octanol–water partition coefficient (Wildman–Crippen LogP) is 0.270. The van der Waals surface area contributed by atoms with E-state index < -0.39 is 48.5 Å². The first-order valence-corrected chi connectivity index (χ1v) is 9.33. The Morgan fingerprint density at radius 2 is 1.95 bits per heavy atom. The Labute approximate surface area is 134 Å². The molecule has 0 fully saturated rings. The fourth-order valence-corrected chi connectivity index (χ4v) is 3.94. The SMILES string of the molecule is C=CC(C)(CC)C(=O)OC(C)C(O)([I-]CCC)C(F)(F)F. The van der Waals surface area contributed by atoms with Crippen molar-refractivity contribution in [2.45, 2.75) is 56.4 Å². The third-order valence-corrected chi connectivity index (χ3v) is 7.63. The number of carbonyl (C=O) groups is 1. The van der Waals surface area contributed by atoms with Gasteiger partial charge in [-0.2, -0.15) is 0 Å². The van der Waals surface area contributed by atoms with Crippen LogP contribution in [0.5, 0.6) is 0 Å². The molecule has 0 spiro atoms. The summed E-state index contributed by atoms with van der Waals surface area (Å²) in [7, 11) is 0. The van der Waals surface area contributed by atoms with Gasteiger partial charge < -0.3 is 0 Å². The summed E-state index contributed by atoms with van der Waals surface area (Å²) in [6.45, 7) is 9.62. The normalized spacial score (nSPS) is 19.4. The average molecular weight is 423 g/mol. The van der Waals surface area contributed by atoms with Gasteiger partial charge in [-0.1, -0.05) is 0 Å². The Hall–Kier alpha value is -0.310. The Kier molecular flexibility index (Phi) is 7.69. The van der Waals surface area contributed by atoms with E-state index in [0.29, 0.717) is 17.3 Å². The van der Waals surface area contributed by atoms with Gasteiger partial charge in [0.1, 0.15) is 0 Å². The molecule has 1 N–H and O–H groups in total. The molecular weight excluding hydrogens is 400 g/mol. The van der Waals surface area contributed by atoms with Crippen LogP contribution in [0.1, 0.15) is 40.5 Å². The molecule has 0 bridgehead atoms. The topological polar surface area (TPSA) is 46.5 Å². The van der Waals surface area contributed by atoms with Crippen molar-refractivity contribution in [1.82, 2.24) is 0 Å². The molecule has 0 aromatic carbocycles. The molecule has 0 amide bonds. The minimum absolute atomic E-state index is 0.295. The zero-order valence-electron chi connectivity index (χ0n) is 12.8. The second-order valence-corrected chi connectivity index (χ2v) is 8.50. The molecule has 0 saturated carbocycles. The van der Waals surface area contributed by atoms with Crippen LogP contribution in [0, 0.1) is 5.41 Å². The summed E-state index contributed by atoms with van der Waals surface area (Å²) in [5.74, 6) is -0.796. The van der Waals surface area contributed by atoms with Crippen LogP contribution in [0.2, 0.25) is 0 Å². The van der Waals surface area contributed by atoms with Crippen molar-refractivity contribution in [2.75, 3.05) is 4.43 Å². The number of alkyl halides is 5. The molecule has 3 nitrogen and oxygen atoms in total. The first-order valence-electron chi connectivity index (χ1n) is 6.72. The molecular formula is C14H23F3IO3-. The quantitative estimate of drug-likeness (QED) is 0.264. The molecule has 0 radical (unpaired) electrons. The van der Waals surface area contributed by atoms with E-state index in [4.69, 9.17) is 4.74 Å². The summed E-state index contributed by atoms with van der Waals surface area (Å²) in [6.07, 6.45) is -4.18. The Balaban J connectivity index is 5.20. The minimum atomic E-state index is -4.81. The van der Waals surface area contributed by atoms with Gasteiger partial charge in [0.25, 0.3) is 0 Å². The number of halogens is 4. The van der Waals surface area contributed by atoms with Crippen LogP contribution in [-0.4, -0.2) is 31.4 Å². The maximum absolute atomic E-state index is 13.2. The van der Waals surface area contributed by atoms with Crippen molar-refractivity contribution in [3.05, 3.63) is 12.7 Å². The van der Waals surface area contributed by atoms with Crippen LogP contribution >= 0.6 is 0 Å². The zero-order valence-corrected chi connectivity index (χ0v) is 14.9. The molecule has 7 heteroatoms. The van der Waals surface area contributed by atoms with Gasteiger partial charge in [-0.3, -0.25) is 0 Å². The molecule has 0 saturated heterocycles. The number of ether oxygens (including phenoxy) is 1. The van der Waals surface area contributed by atoms with Gasteiger partial charge in [0, 0.05) is 0 Å². The molecule has 0 rings (SSSR count). The fraction of sp³-hybridized carbons (Fsp3) is 0.786. The number of rotatable bonds is 8. The fourth-order valence-electron chi connectivity index (χ4n) is 1.40. The monoisotopic (exact) mass is 423 g/mol. The van der Waals surface area contributed by atoms with Gasteiger partial charge in [0.05, 0.1) is 0 Å². The van der Waals surface area contributed by atoms with Gasteiger partial charge in [0.15, 0.2) is 0 Å². The third-order valence-electron chi connectivity index (χ3n) is 3.36. The Bertz CT molecular complexity index is 373. The molecule has 3 unspecified atom stereocenters. The molecule has 126 valence electrons. The van der Waals surface area contributed by atoms with Gasteiger partial charge in [-0.05, 0) is 0 Å². The van der Waals surface area contributed by atoms with Crippen LogP contribution in [0.3, 0.4) is 0 Å². The van der Waals surface area contributed by atoms with Crippen LogP contribution in [0.25, 0.3) is 0 Å². The summed E-state index contributed by atoms with van der Waals surface area (Å²) in [5, 5.41) is 10.0. The molecule has 0 aromatic heterocycles. The van der Waals surface area contributed by atoms with E-state index in [9.17, 15) is 23.1 Å². The molecule has 0 aliphatic rings. The van der Waals surface area contributed by atoms with Gasteiger partial charge in [0.2, 0.25) is 0 Å². The summed E-state index contributed by atoms with van der Waals surface area (Å²) in [4.78, 5) is 12.0.